The second kappa shape index (κ2) is 8.37. The largest absolute Gasteiger partial charge is 0.345 e. The molecule has 1 amide bonds. The van der Waals surface area contributed by atoms with Gasteiger partial charge in [-0.1, -0.05) is 39.8 Å². The summed E-state index contributed by atoms with van der Waals surface area (Å²) in [6.45, 7) is 1.77. The SMILES string of the molecule is CON(C)S(=O)(=O)c1cccc(C(=O)N[C@@H](C)c2ccc(Cl)cc2Cl)c1. The van der Waals surface area contributed by atoms with Crippen molar-refractivity contribution in [1.82, 2.24) is 9.79 Å². The highest BCUT2D eigenvalue weighted by Gasteiger charge is 2.22. The first kappa shape index (κ1) is 20.7. The second-order valence-electron chi connectivity index (χ2n) is 5.49. The van der Waals surface area contributed by atoms with Gasteiger partial charge in [0.2, 0.25) is 0 Å². The van der Waals surface area contributed by atoms with Gasteiger partial charge in [0.15, 0.2) is 0 Å². The maximum atomic E-state index is 12.5. The summed E-state index contributed by atoms with van der Waals surface area (Å²) in [4.78, 5) is 17.2. The van der Waals surface area contributed by atoms with Gasteiger partial charge in [0, 0.05) is 22.7 Å². The Morgan fingerprint density at radius 1 is 1.19 bits per heavy atom. The molecule has 0 spiro atoms. The van der Waals surface area contributed by atoms with Crippen LogP contribution < -0.4 is 5.32 Å². The van der Waals surface area contributed by atoms with E-state index in [1.54, 1.807) is 25.1 Å². The first-order valence-corrected chi connectivity index (χ1v) is 9.75. The number of amides is 1. The summed E-state index contributed by atoms with van der Waals surface area (Å²) in [6, 6.07) is 10.3. The van der Waals surface area contributed by atoms with Crippen LogP contribution in [0.25, 0.3) is 0 Å². The molecule has 2 aromatic rings. The number of carbonyl (C=O) groups is 1. The summed E-state index contributed by atoms with van der Waals surface area (Å²) >= 11 is 12.0. The highest BCUT2D eigenvalue weighted by atomic mass is 35.5. The zero-order valence-electron chi connectivity index (χ0n) is 14.4. The number of hydrogen-bond acceptors (Lipinski definition) is 4. The van der Waals surface area contributed by atoms with E-state index >= 15 is 0 Å². The topological polar surface area (TPSA) is 75.7 Å². The molecule has 0 heterocycles. The van der Waals surface area contributed by atoms with E-state index < -0.39 is 22.0 Å². The average Bonchev–Trinajstić information content (AvgIpc) is 2.60. The Balaban J connectivity index is 2.24. The minimum Gasteiger partial charge on any atom is -0.345 e. The third kappa shape index (κ3) is 4.55. The van der Waals surface area contributed by atoms with Gasteiger partial charge in [-0.15, -0.1) is 0 Å². The highest BCUT2D eigenvalue weighted by Crippen LogP contribution is 2.26. The van der Waals surface area contributed by atoms with Crippen molar-refractivity contribution in [2.24, 2.45) is 0 Å². The van der Waals surface area contributed by atoms with E-state index in [1.807, 2.05) is 0 Å². The molecule has 0 aliphatic rings. The molecule has 1 N–H and O–H groups in total. The van der Waals surface area contributed by atoms with Crippen LogP contribution in [-0.4, -0.2) is 33.0 Å². The van der Waals surface area contributed by atoms with Crippen LogP contribution in [0.3, 0.4) is 0 Å². The molecular weight excluding hydrogens is 399 g/mol. The van der Waals surface area contributed by atoms with Crippen LogP contribution in [0.15, 0.2) is 47.4 Å². The second-order valence-corrected chi connectivity index (χ2v) is 8.27. The van der Waals surface area contributed by atoms with E-state index in [0.717, 1.165) is 4.47 Å². The molecule has 0 saturated heterocycles. The molecule has 2 aromatic carbocycles. The fraction of sp³-hybridized carbons (Fsp3) is 0.235. The monoisotopic (exact) mass is 416 g/mol. The summed E-state index contributed by atoms with van der Waals surface area (Å²) in [5, 5.41) is 3.72. The van der Waals surface area contributed by atoms with Gasteiger partial charge in [-0.2, -0.15) is 0 Å². The molecule has 0 radical (unpaired) electrons. The Morgan fingerprint density at radius 3 is 2.50 bits per heavy atom. The van der Waals surface area contributed by atoms with Crippen LogP contribution in [0, 0.1) is 0 Å². The number of sulfonamides is 1. The Kier molecular flexibility index (Phi) is 6.65. The van der Waals surface area contributed by atoms with Gasteiger partial charge in [-0.3, -0.25) is 9.63 Å². The molecule has 0 fully saturated rings. The smallest absolute Gasteiger partial charge is 0.264 e. The first-order chi connectivity index (χ1) is 12.2. The lowest BCUT2D eigenvalue weighted by atomic mass is 10.1. The number of hydroxylamine groups is 1. The van der Waals surface area contributed by atoms with Gasteiger partial charge in [0.1, 0.15) is 0 Å². The quantitative estimate of drug-likeness (QED) is 0.728. The lowest BCUT2D eigenvalue weighted by Crippen LogP contribution is -2.28. The lowest BCUT2D eigenvalue weighted by Gasteiger charge is -2.17. The normalized spacial score (nSPS) is 12.8. The molecule has 0 unspecified atom stereocenters. The number of rotatable bonds is 6. The number of nitrogens with zero attached hydrogens (tertiary/aromatic N) is 1. The number of hydrogen-bond donors (Lipinski definition) is 1. The molecule has 0 aliphatic carbocycles. The summed E-state index contributed by atoms with van der Waals surface area (Å²) in [5.41, 5.74) is 0.903. The van der Waals surface area contributed by atoms with Crippen molar-refractivity contribution in [3.05, 3.63) is 63.6 Å². The minimum absolute atomic E-state index is 0.0494. The predicted molar refractivity (Wildman–Crippen MR) is 101 cm³/mol. The van der Waals surface area contributed by atoms with E-state index in [9.17, 15) is 13.2 Å². The Hall–Kier alpha value is -1.64. The highest BCUT2D eigenvalue weighted by molar-refractivity contribution is 7.89. The maximum absolute atomic E-state index is 12.5. The fourth-order valence-electron chi connectivity index (χ4n) is 2.25. The Morgan fingerprint density at radius 2 is 1.88 bits per heavy atom. The number of nitrogens with one attached hydrogen (secondary N) is 1. The van der Waals surface area contributed by atoms with Crippen LogP contribution in [-0.2, 0) is 14.9 Å². The van der Waals surface area contributed by atoms with Gasteiger partial charge < -0.3 is 5.32 Å². The molecule has 26 heavy (non-hydrogen) atoms. The van der Waals surface area contributed by atoms with Crippen molar-refractivity contribution < 1.29 is 18.0 Å². The van der Waals surface area contributed by atoms with Gasteiger partial charge in [-0.25, -0.2) is 8.42 Å². The summed E-state index contributed by atoms with van der Waals surface area (Å²) in [5.74, 6) is -0.430. The van der Waals surface area contributed by atoms with Crippen LogP contribution in [0.5, 0.6) is 0 Å². The van der Waals surface area contributed by atoms with Gasteiger partial charge in [0.25, 0.3) is 15.9 Å². The number of carbonyl (C=O) groups excluding carboxylic acids is 1. The molecule has 0 bridgehead atoms. The molecule has 1 atom stereocenters. The molecule has 9 heteroatoms. The number of halogens is 2. The molecule has 2 rings (SSSR count). The molecule has 0 aliphatic heterocycles. The van der Waals surface area contributed by atoms with Crippen molar-refractivity contribution >= 4 is 39.1 Å². The standard InChI is InChI=1S/C17H18Cl2N2O4S/c1-11(15-8-7-13(18)10-16(15)19)20-17(22)12-5-4-6-14(9-12)26(23,24)21(2)25-3/h4-11H,1-3H3,(H,20,22)/t11-/m0/s1. The van der Waals surface area contributed by atoms with Gasteiger partial charge >= 0.3 is 0 Å². The molecule has 6 nitrogen and oxygen atoms in total. The molecular formula is C17H18Cl2N2O4S. The van der Waals surface area contributed by atoms with Crippen LogP contribution >= 0.6 is 23.2 Å². The zero-order valence-corrected chi connectivity index (χ0v) is 16.7. The minimum atomic E-state index is -3.84. The van der Waals surface area contributed by atoms with E-state index in [1.165, 1.54) is 38.4 Å². The molecule has 140 valence electrons. The van der Waals surface area contributed by atoms with Crippen LogP contribution in [0.2, 0.25) is 10.0 Å². The zero-order chi connectivity index (χ0) is 19.5. The van der Waals surface area contributed by atoms with Gasteiger partial charge in [0.05, 0.1) is 18.0 Å². The van der Waals surface area contributed by atoms with Gasteiger partial charge in [-0.05, 0) is 42.8 Å². The van der Waals surface area contributed by atoms with E-state index in [-0.39, 0.29) is 10.5 Å². The molecule has 0 saturated carbocycles. The maximum Gasteiger partial charge on any atom is 0.264 e. The van der Waals surface area contributed by atoms with Crippen molar-refractivity contribution in [3.63, 3.8) is 0 Å². The lowest BCUT2D eigenvalue weighted by molar-refractivity contribution is -0.0258. The molecule has 0 aromatic heterocycles. The van der Waals surface area contributed by atoms with Crippen molar-refractivity contribution in [2.45, 2.75) is 17.9 Å². The fourth-order valence-corrected chi connectivity index (χ4v) is 3.85. The van der Waals surface area contributed by atoms with Crippen LogP contribution in [0.4, 0.5) is 0 Å². The van der Waals surface area contributed by atoms with Crippen molar-refractivity contribution in [3.8, 4) is 0 Å². The van der Waals surface area contributed by atoms with E-state index in [4.69, 9.17) is 28.0 Å². The summed E-state index contributed by atoms with van der Waals surface area (Å²) in [7, 11) is -1.33. The van der Waals surface area contributed by atoms with E-state index in [2.05, 4.69) is 5.32 Å². The van der Waals surface area contributed by atoms with Crippen molar-refractivity contribution in [2.75, 3.05) is 14.2 Å². The van der Waals surface area contributed by atoms with Crippen molar-refractivity contribution in [1.29, 1.82) is 0 Å². The van der Waals surface area contributed by atoms with E-state index in [0.29, 0.717) is 15.6 Å². The Bertz CT molecular complexity index is 919. The first-order valence-electron chi connectivity index (χ1n) is 7.55. The summed E-state index contributed by atoms with van der Waals surface area (Å²) < 4.78 is 25.3. The average molecular weight is 417 g/mol. The third-order valence-electron chi connectivity index (χ3n) is 3.77. The third-order valence-corrected chi connectivity index (χ3v) is 6.00. The predicted octanol–water partition coefficient (Wildman–Crippen LogP) is 3.67. The summed E-state index contributed by atoms with van der Waals surface area (Å²) in [6.07, 6.45) is 0. The number of benzene rings is 2. The van der Waals surface area contributed by atoms with Crippen LogP contribution in [0.1, 0.15) is 28.9 Å². The Labute approximate surface area is 162 Å².